The van der Waals surface area contributed by atoms with Crippen molar-refractivity contribution in [2.75, 3.05) is 6.54 Å². The largest absolute Gasteiger partial charge is 0.352 e. The summed E-state index contributed by atoms with van der Waals surface area (Å²) in [5.74, 6) is -0.147. The van der Waals surface area contributed by atoms with E-state index in [9.17, 15) is 4.79 Å². The minimum Gasteiger partial charge on any atom is -0.352 e. The summed E-state index contributed by atoms with van der Waals surface area (Å²) in [6.07, 6.45) is 5.64. The molecule has 0 fully saturated rings. The van der Waals surface area contributed by atoms with Crippen molar-refractivity contribution in [1.82, 2.24) is 15.1 Å². The van der Waals surface area contributed by atoms with Crippen molar-refractivity contribution in [3.8, 4) is 0 Å². The Labute approximate surface area is 106 Å². The third kappa shape index (κ3) is 3.75. The highest BCUT2D eigenvalue weighted by atomic mass is 35.5. The first-order valence-corrected chi connectivity index (χ1v) is 5.70. The van der Waals surface area contributed by atoms with E-state index in [1.54, 1.807) is 23.9 Å². The van der Waals surface area contributed by atoms with E-state index in [0.717, 1.165) is 17.7 Å². The van der Waals surface area contributed by atoms with Crippen molar-refractivity contribution in [2.24, 2.45) is 7.05 Å². The molecule has 1 amide bonds. The molecule has 0 saturated heterocycles. The molecular weight excluding hydrogens is 238 g/mol. The van der Waals surface area contributed by atoms with Crippen LogP contribution < -0.4 is 5.32 Å². The summed E-state index contributed by atoms with van der Waals surface area (Å²) >= 11 is 6.03. The van der Waals surface area contributed by atoms with Gasteiger partial charge < -0.3 is 5.32 Å². The maximum Gasteiger partial charge on any atom is 0.244 e. The molecule has 0 saturated carbocycles. The summed E-state index contributed by atoms with van der Waals surface area (Å²) in [5, 5.41) is 7.41. The molecule has 1 aromatic heterocycles. The fraction of sp³-hybridized carbons (Fsp3) is 0.333. The van der Waals surface area contributed by atoms with Crippen LogP contribution in [-0.4, -0.2) is 22.2 Å². The highest BCUT2D eigenvalue weighted by Gasteiger charge is 2.07. The normalized spacial score (nSPS) is 10.8. The van der Waals surface area contributed by atoms with Crippen LogP contribution in [0.3, 0.4) is 0 Å². The van der Waals surface area contributed by atoms with Crippen LogP contribution in [0.25, 0.3) is 6.08 Å². The fourth-order valence-corrected chi connectivity index (χ4v) is 1.59. The van der Waals surface area contributed by atoms with Gasteiger partial charge in [-0.1, -0.05) is 17.7 Å². The third-order valence-corrected chi connectivity index (χ3v) is 2.69. The number of rotatable bonds is 5. The Balaban J connectivity index is 2.64. The molecule has 0 atom stereocenters. The molecule has 92 valence electrons. The molecule has 0 aliphatic heterocycles. The first kappa shape index (κ1) is 13.5. The summed E-state index contributed by atoms with van der Waals surface area (Å²) in [5.41, 5.74) is 1.57. The van der Waals surface area contributed by atoms with Crippen LogP contribution in [0.5, 0.6) is 0 Å². The molecule has 1 N–H and O–H groups in total. The van der Waals surface area contributed by atoms with Gasteiger partial charge in [0.05, 0.1) is 5.69 Å². The number of nitrogens with one attached hydrogen (secondary N) is 1. The van der Waals surface area contributed by atoms with Crippen molar-refractivity contribution in [3.63, 3.8) is 0 Å². The summed E-state index contributed by atoms with van der Waals surface area (Å²) in [6.45, 7) is 6.02. The molecule has 1 rings (SSSR count). The predicted molar refractivity (Wildman–Crippen MR) is 69.8 cm³/mol. The molecule has 0 unspecified atom stereocenters. The average Bonchev–Trinajstić information content (AvgIpc) is 2.51. The van der Waals surface area contributed by atoms with E-state index in [-0.39, 0.29) is 5.91 Å². The smallest absolute Gasteiger partial charge is 0.244 e. The lowest BCUT2D eigenvalue weighted by molar-refractivity contribution is -0.116. The van der Waals surface area contributed by atoms with E-state index in [4.69, 9.17) is 11.6 Å². The van der Waals surface area contributed by atoms with Gasteiger partial charge in [0, 0.05) is 25.2 Å². The average molecular weight is 254 g/mol. The molecule has 0 aromatic carbocycles. The predicted octanol–water partition coefficient (Wildman–Crippen LogP) is 2.09. The number of aryl methyl sites for hydroxylation is 2. The highest BCUT2D eigenvalue weighted by Crippen LogP contribution is 2.19. The Hall–Kier alpha value is -1.55. The quantitative estimate of drug-likeness (QED) is 0.496. The molecule has 0 radical (unpaired) electrons. The van der Waals surface area contributed by atoms with Crippen LogP contribution in [0.4, 0.5) is 0 Å². The summed E-state index contributed by atoms with van der Waals surface area (Å²) < 4.78 is 1.58. The summed E-state index contributed by atoms with van der Waals surface area (Å²) in [6, 6.07) is 0. The van der Waals surface area contributed by atoms with Crippen LogP contribution in [0, 0.1) is 6.92 Å². The van der Waals surface area contributed by atoms with Crippen molar-refractivity contribution >= 4 is 23.6 Å². The number of carbonyl (C=O) groups is 1. The molecule has 5 heteroatoms. The maximum atomic E-state index is 11.4. The molecular formula is C12H16ClN3O. The molecule has 0 aliphatic carbocycles. The van der Waals surface area contributed by atoms with Gasteiger partial charge in [-0.3, -0.25) is 9.48 Å². The lowest BCUT2D eigenvalue weighted by Gasteiger charge is -1.98. The van der Waals surface area contributed by atoms with Gasteiger partial charge >= 0.3 is 0 Å². The molecule has 17 heavy (non-hydrogen) atoms. The van der Waals surface area contributed by atoms with Crippen LogP contribution in [0.1, 0.15) is 17.7 Å². The zero-order chi connectivity index (χ0) is 12.8. The second-order valence-electron chi connectivity index (χ2n) is 3.62. The zero-order valence-corrected chi connectivity index (χ0v) is 10.8. The van der Waals surface area contributed by atoms with E-state index in [1.807, 2.05) is 6.92 Å². The van der Waals surface area contributed by atoms with E-state index in [0.29, 0.717) is 11.7 Å². The number of aromatic nitrogens is 2. The highest BCUT2D eigenvalue weighted by molar-refractivity contribution is 6.31. The van der Waals surface area contributed by atoms with Gasteiger partial charge in [0.15, 0.2) is 0 Å². The molecule has 1 heterocycles. The van der Waals surface area contributed by atoms with Gasteiger partial charge in [0.1, 0.15) is 5.15 Å². The van der Waals surface area contributed by atoms with Gasteiger partial charge in [0.25, 0.3) is 0 Å². The lowest BCUT2D eigenvalue weighted by atomic mass is 10.2. The second-order valence-corrected chi connectivity index (χ2v) is 3.97. The van der Waals surface area contributed by atoms with Crippen molar-refractivity contribution in [2.45, 2.75) is 13.3 Å². The van der Waals surface area contributed by atoms with Crippen LogP contribution in [-0.2, 0) is 11.8 Å². The first-order chi connectivity index (χ1) is 8.06. The molecule has 0 bridgehead atoms. The number of halogens is 1. The second kappa shape index (κ2) is 6.25. The van der Waals surface area contributed by atoms with Crippen molar-refractivity contribution in [3.05, 3.63) is 35.1 Å². The zero-order valence-electron chi connectivity index (χ0n) is 10.0. The minimum absolute atomic E-state index is 0.147. The van der Waals surface area contributed by atoms with E-state index in [1.165, 1.54) is 6.08 Å². The maximum absolute atomic E-state index is 11.4. The van der Waals surface area contributed by atoms with Crippen LogP contribution >= 0.6 is 11.6 Å². The van der Waals surface area contributed by atoms with E-state index < -0.39 is 0 Å². The summed E-state index contributed by atoms with van der Waals surface area (Å²) in [4.78, 5) is 11.4. The van der Waals surface area contributed by atoms with Crippen molar-refractivity contribution < 1.29 is 4.79 Å². The van der Waals surface area contributed by atoms with Gasteiger partial charge in [-0.2, -0.15) is 5.10 Å². The minimum atomic E-state index is -0.147. The van der Waals surface area contributed by atoms with Gasteiger partial charge in [0.2, 0.25) is 5.91 Å². The van der Waals surface area contributed by atoms with Gasteiger partial charge in [-0.05, 0) is 19.4 Å². The topological polar surface area (TPSA) is 46.9 Å². The number of nitrogens with zero attached hydrogens (tertiary/aromatic N) is 2. The lowest BCUT2D eigenvalue weighted by Crippen LogP contribution is -2.21. The van der Waals surface area contributed by atoms with E-state index in [2.05, 4.69) is 17.0 Å². The van der Waals surface area contributed by atoms with Crippen LogP contribution in [0.15, 0.2) is 18.7 Å². The molecule has 0 spiro atoms. The van der Waals surface area contributed by atoms with Gasteiger partial charge in [-0.25, -0.2) is 0 Å². The third-order valence-electron chi connectivity index (χ3n) is 2.25. The Morgan fingerprint density at radius 1 is 1.65 bits per heavy atom. The fourth-order valence-electron chi connectivity index (χ4n) is 1.35. The molecule has 4 nitrogen and oxygen atoms in total. The Kier molecular flexibility index (Phi) is 4.97. The Morgan fingerprint density at radius 3 is 2.88 bits per heavy atom. The number of amides is 1. The number of hydrogen-bond acceptors (Lipinski definition) is 2. The number of carbonyl (C=O) groups excluding carboxylic acids is 1. The monoisotopic (exact) mass is 253 g/mol. The Morgan fingerprint density at radius 2 is 2.35 bits per heavy atom. The molecule has 1 aromatic rings. The van der Waals surface area contributed by atoms with E-state index >= 15 is 0 Å². The van der Waals surface area contributed by atoms with Crippen molar-refractivity contribution in [1.29, 1.82) is 0 Å². The standard InChI is InChI=1S/C12H16ClN3O/c1-4-5-8-14-11(17)7-6-10-9(2)15-16(3)12(10)13/h4,6-7H,1,5,8H2,2-3H3,(H,14,17)/b7-6+. The van der Waals surface area contributed by atoms with Crippen LogP contribution in [0.2, 0.25) is 5.15 Å². The SMILES string of the molecule is C=CCCNC(=O)/C=C/c1c(C)nn(C)c1Cl. The molecule has 0 aliphatic rings. The Bertz CT molecular complexity index is 449. The summed E-state index contributed by atoms with van der Waals surface area (Å²) in [7, 11) is 1.76. The first-order valence-electron chi connectivity index (χ1n) is 5.32. The van der Waals surface area contributed by atoms with Gasteiger partial charge in [-0.15, -0.1) is 6.58 Å². The number of hydrogen-bond donors (Lipinski definition) is 1.